The van der Waals surface area contributed by atoms with Crippen LogP contribution in [-0.4, -0.2) is 12.1 Å². The Morgan fingerprint density at radius 3 is 1.60 bits per heavy atom. The van der Waals surface area contributed by atoms with Gasteiger partial charge < -0.3 is 5.32 Å². The van der Waals surface area contributed by atoms with Crippen LogP contribution in [0.25, 0.3) is 0 Å². The summed E-state index contributed by atoms with van der Waals surface area (Å²) < 4.78 is 0. The molecule has 0 spiro atoms. The average Bonchev–Trinajstić information content (AvgIpc) is 2.26. The fourth-order valence-electron chi connectivity index (χ4n) is 2.32. The van der Waals surface area contributed by atoms with E-state index in [-0.39, 0.29) is 16.4 Å². The van der Waals surface area contributed by atoms with Crippen LogP contribution in [0.1, 0.15) is 72.9 Å². The largest absolute Gasteiger partial charge is 0.312 e. The lowest BCUT2D eigenvalue weighted by atomic mass is 9.79. The Labute approximate surface area is 126 Å². The summed E-state index contributed by atoms with van der Waals surface area (Å²) in [5.41, 5.74) is 3.49. The van der Waals surface area contributed by atoms with E-state index in [0.29, 0.717) is 0 Å². The third-order valence-corrected chi connectivity index (χ3v) is 3.94. The lowest BCUT2D eigenvalue weighted by Gasteiger charge is -2.29. The number of nitrogens with one attached hydrogen (secondary N) is 1. The summed E-state index contributed by atoms with van der Waals surface area (Å²) in [5, 5.41) is 3.58. The van der Waals surface area contributed by atoms with E-state index < -0.39 is 0 Å². The maximum absolute atomic E-state index is 3.58. The Kier molecular flexibility index (Phi) is 5.08. The second kappa shape index (κ2) is 5.89. The summed E-state index contributed by atoms with van der Waals surface area (Å²) in [5.74, 6) is 0. The highest BCUT2D eigenvalue weighted by Crippen LogP contribution is 2.29. The molecule has 1 aromatic carbocycles. The zero-order chi connectivity index (χ0) is 15.6. The van der Waals surface area contributed by atoms with Gasteiger partial charge in [0.15, 0.2) is 0 Å². The molecule has 1 aromatic rings. The van der Waals surface area contributed by atoms with Crippen LogP contribution < -0.4 is 5.32 Å². The molecule has 1 rings (SSSR count). The molecule has 1 nitrogen and oxygen atoms in total. The molecule has 114 valence electrons. The van der Waals surface area contributed by atoms with Crippen molar-refractivity contribution in [1.29, 1.82) is 0 Å². The lowest BCUT2D eigenvalue weighted by Crippen LogP contribution is -2.38. The molecule has 20 heavy (non-hydrogen) atoms. The van der Waals surface area contributed by atoms with Gasteiger partial charge in [-0.15, -0.1) is 0 Å². The summed E-state index contributed by atoms with van der Waals surface area (Å²) >= 11 is 0. The second-order valence-corrected chi connectivity index (χ2v) is 8.64. The highest BCUT2D eigenvalue weighted by atomic mass is 14.9. The van der Waals surface area contributed by atoms with Crippen LogP contribution in [0, 0.1) is 0 Å². The predicted molar refractivity (Wildman–Crippen MR) is 90.5 cm³/mol. The van der Waals surface area contributed by atoms with E-state index in [1.165, 1.54) is 11.1 Å². The van der Waals surface area contributed by atoms with E-state index >= 15 is 0 Å². The van der Waals surface area contributed by atoms with E-state index in [2.05, 4.69) is 85.0 Å². The smallest absolute Gasteiger partial charge is 0.00965 e. The molecule has 1 heteroatoms. The quantitative estimate of drug-likeness (QED) is 0.811. The van der Waals surface area contributed by atoms with Gasteiger partial charge >= 0.3 is 0 Å². The van der Waals surface area contributed by atoms with Gasteiger partial charge in [0.2, 0.25) is 0 Å². The van der Waals surface area contributed by atoms with Crippen molar-refractivity contribution >= 4 is 0 Å². The standard InChI is InChI=1S/C19H33N/c1-17(2,3)15-9-11-16(12-10-15)19(7,8)13-14-20-18(4,5)6/h9-12,20H,13-14H2,1-8H3. The van der Waals surface area contributed by atoms with Crippen LogP contribution in [0.15, 0.2) is 24.3 Å². The molecule has 0 bridgehead atoms. The molecule has 0 aliphatic rings. The first-order valence-electron chi connectivity index (χ1n) is 7.78. The molecule has 0 aromatic heterocycles. The maximum Gasteiger partial charge on any atom is 0.00965 e. The molecule has 0 atom stereocenters. The van der Waals surface area contributed by atoms with Crippen molar-refractivity contribution < 1.29 is 0 Å². The van der Waals surface area contributed by atoms with E-state index in [4.69, 9.17) is 0 Å². The zero-order valence-electron chi connectivity index (χ0n) is 14.7. The molecule has 0 aliphatic carbocycles. The van der Waals surface area contributed by atoms with Crippen molar-refractivity contribution in [3.8, 4) is 0 Å². The molecule has 1 N–H and O–H groups in total. The summed E-state index contributed by atoms with van der Waals surface area (Å²) in [6.45, 7) is 19.2. The van der Waals surface area contributed by atoms with Crippen LogP contribution in [0.3, 0.4) is 0 Å². The Morgan fingerprint density at radius 2 is 1.20 bits per heavy atom. The molecular weight excluding hydrogens is 242 g/mol. The Hall–Kier alpha value is -0.820. The summed E-state index contributed by atoms with van der Waals surface area (Å²) in [4.78, 5) is 0. The predicted octanol–water partition coefficient (Wildman–Crippen LogP) is 5.04. The van der Waals surface area contributed by atoms with Gasteiger partial charge in [-0.25, -0.2) is 0 Å². The molecule has 0 fully saturated rings. The molecule has 0 heterocycles. The first-order chi connectivity index (χ1) is 8.92. The number of hydrogen-bond donors (Lipinski definition) is 1. The minimum Gasteiger partial charge on any atom is -0.312 e. The summed E-state index contributed by atoms with van der Waals surface area (Å²) in [7, 11) is 0. The first-order valence-corrected chi connectivity index (χ1v) is 7.78. The van der Waals surface area contributed by atoms with Crippen molar-refractivity contribution in [2.24, 2.45) is 0 Å². The normalized spacial score (nSPS) is 13.6. The van der Waals surface area contributed by atoms with E-state index in [1.54, 1.807) is 0 Å². The van der Waals surface area contributed by atoms with Gasteiger partial charge in [-0.3, -0.25) is 0 Å². The third kappa shape index (κ3) is 5.28. The van der Waals surface area contributed by atoms with Crippen molar-refractivity contribution in [3.05, 3.63) is 35.4 Å². The average molecular weight is 275 g/mol. The van der Waals surface area contributed by atoms with Gasteiger partial charge in [0.05, 0.1) is 0 Å². The Bertz CT molecular complexity index is 413. The van der Waals surface area contributed by atoms with E-state index in [9.17, 15) is 0 Å². The van der Waals surface area contributed by atoms with Crippen molar-refractivity contribution in [2.75, 3.05) is 6.54 Å². The minimum atomic E-state index is 0.201. The van der Waals surface area contributed by atoms with E-state index in [0.717, 1.165) is 13.0 Å². The van der Waals surface area contributed by atoms with Gasteiger partial charge in [-0.05, 0) is 55.7 Å². The van der Waals surface area contributed by atoms with Crippen LogP contribution in [0.2, 0.25) is 0 Å². The fourth-order valence-corrected chi connectivity index (χ4v) is 2.32. The summed E-state index contributed by atoms with van der Waals surface area (Å²) in [6.07, 6.45) is 1.15. The first kappa shape index (κ1) is 17.2. The molecular formula is C19H33N. The van der Waals surface area contributed by atoms with Crippen LogP contribution in [0.5, 0.6) is 0 Å². The number of rotatable bonds is 4. The molecule has 0 saturated carbocycles. The molecule has 0 radical (unpaired) electrons. The van der Waals surface area contributed by atoms with Crippen molar-refractivity contribution in [2.45, 2.75) is 78.2 Å². The number of hydrogen-bond acceptors (Lipinski definition) is 1. The molecule has 0 amide bonds. The van der Waals surface area contributed by atoms with Gasteiger partial charge in [0.25, 0.3) is 0 Å². The van der Waals surface area contributed by atoms with Crippen LogP contribution >= 0.6 is 0 Å². The highest BCUT2D eigenvalue weighted by molar-refractivity contribution is 5.31. The maximum atomic E-state index is 3.58. The second-order valence-electron chi connectivity index (χ2n) is 8.64. The molecule has 0 saturated heterocycles. The molecule has 0 aliphatic heterocycles. The summed E-state index contributed by atoms with van der Waals surface area (Å²) in [6, 6.07) is 9.18. The van der Waals surface area contributed by atoms with Gasteiger partial charge in [-0.1, -0.05) is 58.9 Å². The zero-order valence-corrected chi connectivity index (χ0v) is 14.7. The monoisotopic (exact) mass is 275 g/mol. The Morgan fingerprint density at radius 1 is 0.750 bits per heavy atom. The minimum absolute atomic E-state index is 0.201. The third-order valence-electron chi connectivity index (χ3n) is 3.94. The molecule has 0 unspecified atom stereocenters. The van der Waals surface area contributed by atoms with Crippen molar-refractivity contribution in [1.82, 2.24) is 5.32 Å². The van der Waals surface area contributed by atoms with Gasteiger partial charge in [-0.2, -0.15) is 0 Å². The number of benzene rings is 1. The fraction of sp³-hybridized carbons (Fsp3) is 0.684. The van der Waals surface area contributed by atoms with Gasteiger partial charge in [0, 0.05) is 5.54 Å². The van der Waals surface area contributed by atoms with Gasteiger partial charge in [0.1, 0.15) is 0 Å². The van der Waals surface area contributed by atoms with Crippen molar-refractivity contribution in [3.63, 3.8) is 0 Å². The Balaban J connectivity index is 2.73. The lowest BCUT2D eigenvalue weighted by molar-refractivity contribution is 0.379. The SMILES string of the molecule is CC(C)(C)NCCC(C)(C)c1ccc(C(C)(C)C)cc1. The highest BCUT2D eigenvalue weighted by Gasteiger charge is 2.22. The van der Waals surface area contributed by atoms with E-state index in [1.807, 2.05) is 0 Å². The topological polar surface area (TPSA) is 12.0 Å². The van der Waals surface area contributed by atoms with Crippen LogP contribution in [0.4, 0.5) is 0 Å². The van der Waals surface area contributed by atoms with Crippen LogP contribution in [-0.2, 0) is 10.8 Å².